The molecule has 1 atom stereocenters. The Morgan fingerprint density at radius 1 is 1.00 bits per heavy atom. The minimum Gasteiger partial charge on any atom is -0.368 e. The number of aryl methyl sites for hydroxylation is 1. The maximum absolute atomic E-state index is 13.5. The molecule has 2 aromatic carbocycles. The lowest BCUT2D eigenvalue weighted by atomic mass is 9.96. The molecule has 6 heteroatoms. The first-order valence-electron chi connectivity index (χ1n) is 13.3. The molecule has 0 unspecified atom stereocenters. The number of piperazine rings is 1. The van der Waals surface area contributed by atoms with Gasteiger partial charge in [-0.1, -0.05) is 31.2 Å². The van der Waals surface area contributed by atoms with E-state index in [1.165, 1.54) is 16.8 Å². The van der Waals surface area contributed by atoms with Crippen molar-refractivity contribution < 1.29 is 4.79 Å². The van der Waals surface area contributed by atoms with Crippen molar-refractivity contribution in [2.45, 2.75) is 52.6 Å². The number of carbonyl (C=O) groups is 1. The number of imidazole rings is 1. The molecule has 186 valence electrons. The first-order chi connectivity index (χ1) is 17.0. The molecule has 35 heavy (non-hydrogen) atoms. The van der Waals surface area contributed by atoms with Crippen molar-refractivity contribution in [3.05, 3.63) is 59.9 Å². The van der Waals surface area contributed by atoms with E-state index in [1.807, 2.05) is 0 Å². The van der Waals surface area contributed by atoms with E-state index in [1.54, 1.807) is 0 Å². The lowest BCUT2D eigenvalue weighted by Crippen LogP contribution is -2.52. The fourth-order valence-corrected chi connectivity index (χ4v) is 5.77. The van der Waals surface area contributed by atoms with Gasteiger partial charge in [0.1, 0.15) is 5.82 Å². The Hall–Kier alpha value is -2.86. The van der Waals surface area contributed by atoms with Crippen LogP contribution in [0.25, 0.3) is 11.0 Å². The van der Waals surface area contributed by atoms with Gasteiger partial charge in [0.15, 0.2) is 0 Å². The Kier molecular flexibility index (Phi) is 7.09. The molecule has 0 N–H and O–H groups in total. The number of carbonyl (C=O) groups excluding carboxylic acids is 1. The summed E-state index contributed by atoms with van der Waals surface area (Å²) >= 11 is 0. The van der Waals surface area contributed by atoms with E-state index >= 15 is 0 Å². The summed E-state index contributed by atoms with van der Waals surface area (Å²) in [6.45, 7) is 12.7. The van der Waals surface area contributed by atoms with Gasteiger partial charge in [-0.15, -0.1) is 0 Å². The second-order valence-electron chi connectivity index (χ2n) is 10.4. The quantitative estimate of drug-likeness (QED) is 0.519. The van der Waals surface area contributed by atoms with Crippen LogP contribution in [-0.4, -0.2) is 64.5 Å². The fourth-order valence-electron chi connectivity index (χ4n) is 5.77. The van der Waals surface area contributed by atoms with E-state index < -0.39 is 0 Å². The zero-order valence-electron chi connectivity index (χ0n) is 21.5. The lowest BCUT2D eigenvalue weighted by molar-refractivity contribution is -0.137. The average molecular weight is 474 g/mol. The number of hydrogen-bond acceptors (Lipinski definition) is 4. The van der Waals surface area contributed by atoms with Gasteiger partial charge in [0.2, 0.25) is 5.91 Å². The number of benzene rings is 2. The van der Waals surface area contributed by atoms with E-state index in [0.29, 0.717) is 11.9 Å². The molecule has 6 nitrogen and oxygen atoms in total. The van der Waals surface area contributed by atoms with Crippen molar-refractivity contribution in [2.24, 2.45) is 5.92 Å². The fraction of sp³-hybridized carbons (Fsp3) is 0.517. The molecule has 5 rings (SSSR count). The third kappa shape index (κ3) is 5.08. The zero-order valence-corrected chi connectivity index (χ0v) is 21.5. The first-order valence-corrected chi connectivity index (χ1v) is 13.3. The normalized spacial score (nSPS) is 19.6. The number of fused-ring (bicyclic) bond motifs is 1. The predicted molar refractivity (Wildman–Crippen MR) is 143 cm³/mol. The van der Waals surface area contributed by atoms with Crippen LogP contribution < -0.4 is 4.90 Å². The number of amides is 1. The van der Waals surface area contributed by atoms with Crippen LogP contribution in [0.5, 0.6) is 0 Å². The summed E-state index contributed by atoms with van der Waals surface area (Å²) in [6, 6.07) is 17.6. The summed E-state index contributed by atoms with van der Waals surface area (Å²) in [7, 11) is 0. The van der Waals surface area contributed by atoms with Crippen molar-refractivity contribution in [3.63, 3.8) is 0 Å². The van der Waals surface area contributed by atoms with Crippen LogP contribution in [-0.2, 0) is 17.8 Å². The van der Waals surface area contributed by atoms with Crippen molar-refractivity contribution in [1.82, 2.24) is 19.4 Å². The number of likely N-dealkylation sites (tertiary alicyclic amines) is 1. The van der Waals surface area contributed by atoms with Crippen molar-refractivity contribution in [1.29, 1.82) is 0 Å². The van der Waals surface area contributed by atoms with E-state index in [4.69, 9.17) is 4.98 Å². The molecular weight excluding hydrogens is 434 g/mol. The Bertz CT molecular complexity index is 1140. The highest BCUT2D eigenvalue weighted by Gasteiger charge is 2.31. The Morgan fingerprint density at radius 3 is 2.46 bits per heavy atom. The third-order valence-corrected chi connectivity index (χ3v) is 7.71. The van der Waals surface area contributed by atoms with Gasteiger partial charge in [-0.2, -0.15) is 0 Å². The summed E-state index contributed by atoms with van der Waals surface area (Å²) in [5.41, 5.74) is 4.90. The van der Waals surface area contributed by atoms with E-state index in [9.17, 15) is 4.79 Å². The number of nitrogens with zero attached hydrogens (tertiary/aromatic N) is 5. The summed E-state index contributed by atoms with van der Waals surface area (Å²) in [6.07, 6.45) is 3.13. The molecule has 0 radical (unpaired) electrons. The molecule has 0 saturated carbocycles. The highest BCUT2D eigenvalue weighted by Crippen LogP contribution is 2.26. The lowest BCUT2D eigenvalue weighted by Gasteiger charge is -2.39. The monoisotopic (exact) mass is 473 g/mol. The largest absolute Gasteiger partial charge is 0.368 e. The summed E-state index contributed by atoms with van der Waals surface area (Å²) < 4.78 is 2.35. The summed E-state index contributed by atoms with van der Waals surface area (Å²) in [5, 5.41) is 0. The zero-order chi connectivity index (χ0) is 24.4. The SMILES string of the molecule is CCc1ccc(N2CCN(C(=O)[C@@H]3CCCN(Cc4nc5ccccc5n4C(C)C)C3)CC2)cc1. The van der Waals surface area contributed by atoms with Gasteiger partial charge in [-0.05, 0) is 69.5 Å². The van der Waals surface area contributed by atoms with Gasteiger partial charge in [0, 0.05) is 44.5 Å². The maximum Gasteiger partial charge on any atom is 0.227 e. The van der Waals surface area contributed by atoms with Gasteiger partial charge in [-0.3, -0.25) is 9.69 Å². The van der Waals surface area contributed by atoms with E-state index in [0.717, 1.165) is 76.4 Å². The molecule has 0 spiro atoms. The smallest absolute Gasteiger partial charge is 0.227 e. The van der Waals surface area contributed by atoms with Gasteiger partial charge >= 0.3 is 0 Å². The molecular formula is C29H39N5O. The summed E-state index contributed by atoms with van der Waals surface area (Å²) in [4.78, 5) is 25.4. The predicted octanol–water partition coefficient (Wildman–Crippen LogP) is 4.74. The third-order valence-electron chi connectivity index (χ3n) is 7.71. The van der Waals surface area contributed by atoms with Crippen LogP contribution in [0.15, 0.2) is 48.5 Å². The minimum atomic E-state index is 0.0935. The second-order valence-corrected chi connectivity index (χ2v) is 10.4. The Morgan fingerprint density at radius 2 is 1.74 bits per heavy atom. The number of rotatable bonds is 6. The summed E-state index contributed by atoms with van der Waals surface area (Å²) in [5.74, 6) is 1.54. The van der Waals surface area contributed by atoms with Gasteiger partial charge in [0.25, 0.3) is 0 Å². The molecule has 2 fully saturated rings. The highest BCUT2D eigenvalue weighted by molar-refractivity contribution is 5.79. The number of piperidine rings is 1. The van der Waals surface area contributed by atoms with Crippen molar-refractivity contribution >= 4 is 22.6 Å². The van der Waals surface area contributed by atoms with Gasteiger partial charge < -0.3 is 14.4 Å². The van der Waals surface area contributed by atoms with Crippen LogP contribution in [0.4, 0.5) is 5.69 Å². The van der Waals surface area contributed by atoms with Crippen LogP contribution >= 0.6 is 0 Å². The van der Waals surface area contributed by atoms with Gasteiger partial charge in [-0.25, -0.2) is 4.98 Å². The van der Waals surface area contributed by atoms with Crippen LogP contribution in [0.2, 0.25) is 0 Å². The second kappa shape index (κ2) is 10.4. The number of anilines is 1. The Balaban J connectivity index is 1.20. The molecule has 2 aliphatic heterocycles. The number of hydrogen-bond donors (Lipinski definition) is 0. The first kappa shape index (κ1) is 23.9. The standard InChI is InChI=1S/C29H39N5O/c1-4-23-11-13-25(14-12-23)32-16-18-33(19-17-32)29(35)24-8-7-15-31(20-24)21-28-30-26-9-5-6-10-27(26)34(28)22(2)3/h5-6,9-14,22,24H,4,7-8,15-21H2,1-3H3/t24-/m1/s1. The van der Waals surface area contributed by atoms with Gasteiger partial charge in [0.05, 0.1) is 23.5 Å². The van der Waals surface area contributed by atoms with Crippen LogP contribution in [0.3, 0.4) is 0 Å². The van der Waals surface area contributed by atoms with E-state index in [2.05, 4.69) is 88.6 Å². The molecule has 0 aliphatic carbocycles. The van der Waals surface area contributed by atoms with Crippen LogP contribution in [0, 0.1) is 5.92 Å². The Labute approximate surface area is 209 Å². The molecule has 2 saturated heterocycles. The van der Waals surface area contributed by atoms with Crippen molar-refractivity contribution in [3.8, 4) is 0 Å². The van der Waals surface area contributed by atoms with E-state index in [-0.39, 0.29) is 5.92 Å². The molecule has 0 bridgehead atoms. The molecule has 1 amide bonds. The molecule has 2 aliphatic rings. The van der Waals surface area contributed by atoms with Crippen molar-refractivity contribution in [2.75, 3.05) is 44.2 Å². The maximum atomic E-state index is 13.5. The van der Waals surface area contributed by atoms with Crippen LogP contribution in [0.1, 0.15) is 51.0 Å². The topological polar surface area (TPSA) is 44.6 Å². The minimum absolute atomic E-state index is 0.0935. The molecule has 1 aromatic heterocycles. The highest BCUT2D eigenvalue weighted by atomic mass is 16.2. The number of aromatic nitrogens is 2. The molecule has 3 aromatic rings. The average Bonchev–Trinajstić information content (AvgIpc) is 3.26. The molecule has 3 heterocycles. The number of para-hydroxylation sites is 2.